The average Bonchev–Trinajstić information content (AvgIpc) is 2.21. The van der Waals surface area contributed by atoms with E-state index in [2.05, 4.69) is 36.8 Å². The van der Waals surface area contributed by atoms with Crippen molar-refractivity contribution in [1.29, 1.82) is 0 Å². The molecular formula is C11H14N2O. The van der Waals surface area contributed by atoms with Crippen LogP contribution in [0.1, 0.15) is 37.7 Å². The molecule has 0 unspecified atom stereocenters. The number of nitrogens with zero attached hydrogens (tertiary/aromatic N) is 1. The van der Waals surface area contributed by atoms with Gasteiger partial charge in [0.25, 0.3) is 0 Å². The summed E-state index contributed by atoms with van der Waals surface area (Å²) < 4.78 is 0. The van der Waals surface area contributed by atoms with Crippen LogP contribution in [0, 0.1) is 6.92 Å². The van der Waals surface area contributed by atoms with Crippen molar-refractivity contribution >= 4 is 5.57 Å². The third-order valence-corrected chi connectivity index (χ3v) is 2.70. The van der Waals surface area contributed by atoms with Crippen LogP contribution in [-0.2, 0) is 5.41 Å². The number of fused-ring (bicyclic) bond motifs is 1. The maximum absolute atomic E-state index is 11.3. The van der Waals surface area contributed by atoms with Gasteiger partial charge in [0.1, 0.15) is 0 Å². The van der Waals surface area contributed by atoms with Crippen molar-refractivity contribution in [1.82, 2.24) is 9.97 Å². The number of allylic oxidation sites excluding steroid dienone is 2. The van der Waals surface area contributed by atoms with Gasteiger partial charge >= 0.3 is 5.69 Å². The van der Waals surface area contributed by atoms with Gasteiger partial charge in [0, 0.05) is 16.7 Å². The van der Waals surface area contributed by atoms with Crippen molar-refractivity contribution < 1.29 is 0 Å². The molecule has 3 nitrogen and oxygen atoms in total. The van der Waals surface area contributed by atoms with Crippen LogP contribution in [0.25, 0.3) is 5.57 Å². The van der Waals surface area contributed by atoms with E-state index < -0.39 is 0 Å². The second-order valence-electron chi connectivity index (χ2n) is 4.44. The van der Waals surface area contributed by atoms with Crippen LogP contribution in [-0.4, -0.2) is 9.97 Å². The van der Waals surface area contributed by atoms with Crippen molar-refractivity contribution in [3.05, 3.63) is 33.5 Å². The van der Waals surface area contributed by atoms with Crippen molar-refractivity contribution in [2.24, 2.45) is 0 Å². The SMILES string of the molecule is CC1=CC(C)(C)c2nc(=O)[nH]c(C)c21. The Balaban J connectivity index is 2.83. The van der Waals surface area contributed by atoms with Crippen molar-refractivity contribution in [3.8, 4) is 0 Å². The van der Waals surface area contributed by atoms with Crippen molar-refractivity contribution in [2.75, 3.05) is 0 Å². The Labute approximate surface area is 82.9 Å². The second-order valence-corrected chi connectivity index (χ2v) is 4.44. The van der Waals surface area contributed by atoms with Crippen LogP contribution in [0.2, 0.25) is 0 Å². The maximum Gasteiger partial charge on any atom is 0.345 e. The summed E-state index contributed by atoms with van der Waals surface area (Å²) in [6.07, 6.45) is 2.16. The monoisotopic (exact) mass is 190 g/mol. The number of hydrogen-bond donors (Lipinski definition) is 1. The number of aromatic nitrogens is 2. The molecule has 0 radical (unpaired) electrons. The average molecular weight is 190 g/mol. The van der Waals surface area contributed by atoms with Crippen LogP contribution in [0.4, 0.5) is 0 Å². The lowest BCUT2D eigenvalue weighted by molar-refractivity contribution is 0.647. The first-order chi connectivity index (χ1) is 6.42. The van der Waals surface area contributed by atoms with E-state index in [0.717, 1.165) is 17.0 Å². The predicted molar refractivity (Wildman–Crippen MR) is 56.3 cm³/mol. The predicted octanol–water partition coefficient (Wildman–Crippen LogP) is 1.77. The molecule has 1 heterocycles. The first-order valence-electron chi connectivity index (χ1n) is 4.73. The summed E-state index contributed by atoms with van der Waals surface area (Å²) >= 11 is 0. The Morgan fingerprint density at radius 2 is 2.00 bits per heavy atom. The van der Waals surface area contributed by atoms with Gasteiger partial charge in [-0.3, -0.25) is 0 Å². The zero-order valence-corrected chi connectivity index (χ0v) is 8.93. The lowest BCUT2D eigenvalue weighted by Gasteiger charge is -2.15. The Hall–Kier alpha value is -1.38. The summed E-state index contributed by atoms with van der Waals surface area (Å²) in [5.41, 5.74) is 3.76. The zero-order chi connectivity index (χ0) is 10.5. The minimum Gasteiger partial charge on any atom is -0.309 e. The van der Waals surface area contributed by atoms with Crippen LogP contribution in [0.3, 0.4) is 0 Å². The Bertz CT molecular complexity index is 481. The minimum absolute atomic E-state index is 0.113. The normalized spacial score (nSPS) is 17.9. The molecular weight excluding hydrogens is 176 g/mol. The number of nitrogens with one attached hydrogen (secondary N) is 1. The van der Waals surface area contributed by atoms with Gasteiger partial charge in [0.15, 0.2) is 0 Å². The first-order valence-corrected chi connectivity index (χ1v) is 4.73. The molecule has 0 atom stereocenters. The summed E-state index contributed by atoms with van der Waals surface area (Å²) in [4.78, 5) is 18.0. The molecule has 0 saturated heterocycles. The summed E-state index contributed by atoms with van der Waals surface area (Å²) in [5, 5.41) is 0. The topological polar surface area (TPSA) is 45.8 Å². The summed E-state index contributed by atoms with van der Waals surface area (Å²) in [7, 11) is 0. The van der Waals surface area contributed by atoms with E-state index in [0.29, 0.717) is 0 Å². The van der Waals surface area contributed by atoms with Crippen LogP contribution < -0.4 is 5.69 Å². The number of rotatable bonds is 0. The molecule has 0 saturated carbocycles. The van der Waals surface area contributed by atoms with E-state index in [9.17, 15) is 4.79 Å². The van der Waals surface area contributed by atoms with Gasteiger partial charge in [-0.1, -0.05) is 19.9 Å². The maximum atomic E-state index is 11.3. The van der Waals surface area contributed by atoms with E-state index in [1.807, 2.05) is 6.92 Å². The molecule has 1 aliphatic carbocycles. The van der Waals surface area contributed by atoms with Crippen molar-refractivity contribution in [2.45, 2.75) is 33.1 Å². The molecule has 3 heteroatoms. The summed E-state index contributed by atoms with van der Waals surface area (Å²) in [6.45, 7) is 8.13. The molecule has 0 aromatic carbocycles. The third kappa shape index (κ3) is 1.12. The number of aromatic amines is 1. The molecule has 0 bridgehead atoms. The Kier molecular flexibility index (Phi) is 1.68. The molecule has 0 aliphatic heterocycles. The van der Waals surface area contributed by atoms with Gasteiger partial charge in [-0.15, -0.1) is 0 Å². The molecule has 2 rings (SSSR count). The van der Waals surface area contributed by atoms with Gasteiger partial charge in [-0.05, 0) is 19.4 Å². The molecule has 1 aromatic heterocycles. The summed E-state index contributed by atoms with van der Waals surface area (Å²) in [5.74, 6) is 0. The fraction of sp³-hybridized carbons (Fsp3) is 0.455. The highest BCUT2D eigenvalue weighted by atomic mass is 16.1. The molecule has 74 valence electrons. The molecule has 0 spiro atoms. The van der Waals surface area contributed by atoms with E-state index in [1.165, 1.54) is 5.57 Å². The smallest absolute Gasteiger partial charge is 0.309 e. The lowest BCUT2D eigenvalue weighted by Crippen LogP contribution is -2.22. The molecule has 1 aliphatic rings. The fourth-order valence-electron chi connectivity index (χ4n) is 2.22. The van der Waals surface area contributed by atoms with Gasteiger partial charge in [0.2, 0.25) is 0 Å². The van der Waals surface area contributed by atoms with E-state index in [-0.39, 0.29) is 11.1 Å². The molecule has 0 fully saturated rings. The summed E-state index contributed by atoms with van der Waals surface area (Å²) in [6, 6.07) is 0. The van der Waals surface area contributed by atoms with E-state index >= 15 is 0 Å². The molecule has 0 amide bonds. The molecule has 14 heavy (non-hydrogen) atoms. The van der Waals surface area contributed by atoms with Crippen LogP contribution in [0.15, 0.2) is 10.9 Å². The first kappa shape index (κ1) is 9.19. The second kappa shape index (κ2) is 2.56. The minimum atomic E-state index is -0.252. The van der Waals surface area contributed by atoms with Crippen LogP contribution in [0.5, 0.6) is 0 Å². The molecule has 1 N–H and O–H groups in total. The number of aryl methyl sites for hydroxylation is 1. The largest absolute Gasteiger partial charge is 0.345 e. The highest BCUT2D eigenvalue weighted by molar-refractivity contribution is 5.74. The van der Waals surface area contributed by atoms with Gasteiger partial charge in [-0.2, -0.15) is 4.98 Å². The molecule has 1 aromatic rings. The fourth-order valence-corrected chi connectivity index (χ4v) is 2.22. The highest BCUT2D eigenvalue weighted by Crippen LogP contribution is 2.38. The van der Waals surface area contributed by atoms with E-state index in [4.69, 9.17) is 0 Å². The zero-order valence-electron chi connectivity index (χ0n) is 8.93. The van der Waals surface area contributed by atoms with E-state index in [1.54, 1.807) is 0 Å². The standard InChI is InChI=1S/C11H14N2O/c1-6-5-11(3,4)9-8(6)7(2)12-10(14)13-9/h5H,1-4H3,(H,12,13,14). The third-order valence-electron chi connectivity index (χ3n) is 2.70. The highest BCUT2D eigenvalue weighted by Gasteiger charge is 2.31. The van der Waals surface area contributed by atoms with Gasteiger partial charge in [-0.25, -0.2) is 4.79 Å². The van der Waals surface area contributed by atoms with Gasteiger partial charge < -0.3 is 4.98 Å². The Morgan fingerprint density at radius 1 is 1.36 bits per heavy atom. The number of H-pyrrole nitrogens is 1. The Morgan fingerprint density at radius 3 is 2.64 bits per heavy atom. The number of hydrogen-bond acceptors (Lipinski definition) is 2. The van der Waals surface area contributed by atoms with Crippen molar-refractivity contribution in [3.63, 3.8) is 0 Å². The quantitative estimate of drug-likeness (QED) is 0.677. The van der Waals surface area contributed by atoms with Crippen LogP contribution >= 0.6 is 0 Å². The van der Waals surface area contributed by atoms with Gasteiger partial charge in [0.05, 0.1) is 5.69 Å². The lowest BCUT2D eigenvalue weighted by atomic mass is 9.92.